The molecule has 0 amide bonds. The molecule has 2 aromatic rings. The van der Waals surface area contributed by atoms with Crippen molar-refractivity contribution in [2.24, 2.45) is 0 Å². The third kappa shape index (κ3) is 1.86. The van der Waals surface area contributed by atoms with Crippen LogP contribution in [-0.4, -0.2) is 18.2 Å². The van der Waals surface area contributed by atoms with E-state index in [0.717, 1.165) is 14.6 Å². The van der Waals surface area contributed by atoms with Crippen molar-refractivity contribution in [3.05, 3.63) is 33.6 Å². The van der Waals surface area contributed by atoms with Crippen LogP contribution in [-0.2, 0) is 9.53 Å². The highest BCUT2D eigenvalue weighted by Crippen LogP contribution is 2.39. The molecule has 0 aliphatic rings. The van der Waals surface area contributed by atoms with Gasteiger partial charge in [-0.15, -0.1) is 11.3 Å². The molecule has 1 aromatic heterocycles. The molecule has 0 bridgehead atoms. The van der Waals surface area contributed by atoms with Gasteiger partial charge in [0.05, 0.1) is 12.0 Å². The Bertz CT molecular complexity index is 535. The average Bonchev–Trinajstić information content (AvgIpc) is 2.65. The summed E-state index contributed by atoms with van der Waals surface area (Å²) in [5.41, 5.74) is 0. The number of methoxy groups -OCH3 is 1. The number of aliphatic hydroxyl groups excluding tert-OH is 1. The van der Waals surface area contributed by atoms with Crippen LogP contribution in [0.15, 0.2) is 28.7 Å². The van der Waals surface area contributed by atoms with E-state index in [-0.39, 0.29) is 0 Å². The van der Waals surface area contributed by atoms with Crippen LogP contribution in [0.3, 0.4) is 0 Å². The first-order valence-electron chi connectivity index (χ1n) is 4.58. The maximum Gasteiger partial charge on any atom is 0.340 e. The Kier molecular flexibility index (Phi) is 3.28. The number of esters is 1. The highest BCUT2D eigenvalue weighted by atomic mass is 79.9. The Labute approximate surface area is 105 Å². The first-order chi connectivity index (χ1) is 7.65. The molecule has 1 aromatic carbocycles. The van der Waals surface area contributed by atoms with E-state index in [9.17, 15) is 9.90 Å². The molecule has 0 aliphatic heterocycles. The minimum absolute atomic E-state index is 0.577. The topological polar surface area (TPSA) is 46.5 Å². The normalized spacial score (nSPS) is 12.7. The maximum absolute atomic E-state index is 11.3. The fourth-order valence-corrected chi connectivity index (χ4v) is 3.44. The van der Waals surface area contributed by atoms with E-state index in [1.165, 1.54) is 18.4 Å². The first-order valence-corrected chi connectivity index (χ1v) is 6.19. The van der Waals surface area contributed by atoms with E-state index < -0.39 is 12.1 Å². The van der Waals surface area contributed by atoms with Crippen molar-refractivity contribution in [2.45, 2.75) is 6.10 Å². The number of aliphatic hydroxyl groups is 1. The zero-order valence-corrected chi connectivity index (χ0v) is 10.8. The lowest BCUT2D eigenvalue weighted by atomic mass is 10.2. The summed E-state index contributed by atoms with van der Waals surface area (Å²) in [6.07, 6.45) is -1.23. The molecule has 2 rings (SSSR count). The van der Waals surface area contributed by atoms with Crippen molar-refractivity contribution in [3.63, 3.8) is 0 Å². The van der Waals surface area contributed by atoms with E-state index >= 15 is 0 Å². The van der Waals surface area contributed by atoms with Gasteiger partial charge >= 0.3 is 5.97 Å². The monoisotopic (exact) mass is 300 g/mol. The molecule has 16 heavy (non-hydrogen) atoms. The number of ether oxygens (including phenoxy) is 1. The third-order valence-corrected chi connectivity index (χ3v) is 4.57. The van der Waals surface area contributed by atoms with Crippen LogP contribution < -0.4 is 0 Å². The molecule has 0 saturated carbocycles. The Morgan fingerprint density at radius 3 is 2.81 bits per heavy atom. The van der Waals surface area contributed by atoms with E-state index in [2.05, 4.69) is 20.7 Å². The molecule has 1 heterocycles. The van der Waals surface area contributed by atoms with E-state index in [1.807, 2.05) is 24.3 Å². The lowest BCUT2D eigenvalue weighted by Crippen LogP contribution is -2.12. The van der Waals surface area contributed by atoms with Gasteiger partial charge < -0.3 is 9.84 Å². The third-order valence-electron chi connectivity index (χ3n) is 2.23. The van der Waals surface area contributed by atoms with Crippen LogP contribution in [0.2, 0.25) is 0 Å². The van der Waals surface area contributed by atoms with Gasteiger partial charge in [0.1, 0.15) is 0 Å². The molecular weight excluding hydrogens is 292 g/mol. The Morgan fingerprint density at radius 1 is 1.50 bits per heavy atom. The van der Waals surface area contributed by atoms with Crippen LogP contribution in [0, 0.1) is 0 Å². The summed E-state index contributed by atoms with van der Waals surface area (Å²) in [6.45, 7) is 0. The fraction of sp³-hybridized carbons (Fsp3) is 0.182. The zero-order chi connectivity index (χ0) is 11.7. The number of benzene rings is 1. The fourth-order valence-electron chi connectivity index (χ4n) is 1.43. The van der Waals surface area contributed by atoms with Crippen molar-refractivity contribution in [3.8, 4) is 0 Å². The average molecular weight is 301 g/mol. The van der Waals surface area contributed by atoms with Gasteiger partial charge in [-0.25, -0.2) is 4.79 Å². The van der Waals surface area contributed by atoms with Gasteiger partial charge in [-0.1, -0.05) is 18.2 Å². The smallest absolute Gasteiger partial charge is 0.340 e. The first kappa shape index (κ1) is 11.6. The summed E-state index contributed by atoms with van der Waals surface area (Å²) < 4.78 is 6.29. The SMILES string of the molecule is COC(=O)C(O)c1sc2ccccc2c1Br. The van der Waals surface area contributed by atoms with E-state index in [0.29, 0.717) is 4.88 Å². The molecule has 3 nitrogen and oxygen atoms in total. The number of rotatable bonds is 2. The van der Waals surface area contributed by atoms with Gasteiger partial charge in [0, 0.05) is 14.6 Å². The van der Waals surface area contributed by atoms with Crippen molar-refractivity contribution in [1.29, 1.82) is 0 Å². The second kappa shape index (κ2) is 4.53. The maximum atomic E-state index is 11.3. The molecule has 0 radical (unpaired) electrons. The van der Waals surface area contributed by atoms with Crippen molar-refractivity contribution in [1.82, 2.24) is 0 Å². The van der Waals surface area contributed by atoms with Gasteiger partial charge in [-0.2, -0.15) is 0 Å². The zero-order valence-electron chi connectivity index (χ0n) is 8.44. The molecule has 1 N–H and O–H groups in total. The van der Waals surface area contributed by atoms with Gasteiger partial charge in [-0.05, 0) is 22.0 Å². The predicted octanol–water partition coefficient (Wildman–Crippen LogP) is 2.87. The van der Waals surface area contributed by atoms with Crippen LogP contribution in [0.4, 0.5) is 0 Å². The molecule has 0 saturated heterocycles. The number of carbonyl (C=O) groups excluding carboxylic acids is 1. The second-order valence-electron chi connectivity index (χ2n) is 3.20. The number of hydrogen-bond donors (Lipinski definition) is 1. The van der Waals surface area contributed by atoms with Gasteiger partial charge in [-0.3, -0.25) is 0 Å². The van der Waals surface area contributed by atoms with Gasteiger partial charge in [0.15, 0.2) is 6.10 Å². The molecule has 1 atom stereocenters. The summed E-state index contributed by atoms with van der Waals surface area (Å²) in [5.74, 6) is -0.646. The van der Waals surface area contributed by atoms with Crippen molar-refractivity contribution < 1.29 is 14.6 Å². The molecule has 1 unspecified atom stereocenters. The van der Waals surface area contributed by atoms with E-state index in [4.69, 9.17) is 0 Å². The standard InChI is InChI=1S/C11H9BrO3S/c1-15-11(14)9(13)10-8(12)6-4-2-3-5-7(6)16-10/h2-5,9,13H,1H3. The molecule has 5 heteroatoms. The lowest BCUT2D eigenvalue weighted by molar-refractivity contribution is -0.150. The summed E-state index contributed by atoms with van der Waals surface area (Å²) in [6, 6.07) is 7.70. The van der Waals surface area contributed by atoms with Gasteiger partial charge in [0.2, 0.25) is 0 Å². The molecule has 84 valence electrons. The molecular formula is C11H9BrO3S. The molecule has 0 spiro atoms. The summed E-state index contributed by atoms with van der Waals surface area (Å²) in [7, 11) is 1.26. The summed E-state index contributed by atoms with van der Waals surface area (Å²) >= 11 is 4.77. The summed E-state index contributed by atoms with van der Waals surface area (Å²) in [5, 5.41) is 10.8. The highest BCUT2D eigenvalue weighted by molar-refractivity contribution is 9.10. The predicted molar refractivity (Wildman–Crippen MR) is 66.5 cm³/mol. The van der Waals surface area contributed by atoms with Crippen LogP contribution in [0.5, 0.6) is 0 Å². The lowest BCUT2D eigenvalue weighted by Gasteiger charge is -2.05. The number of thiophene rings is 1. The number of halogens is 1. The Morgan fingerprint density at radius 2 is 2.19 bits per heavy atom. The van der Waals surface area contributed by atoms with Gasteiger partial charge in [0.25, 0.3) is 0 Å². The minimum Gasteiger partial charge on any atom is -0.467 e. The Hall–Kier alpha value is -0.910. The molecule has 0 fully saturated rings. The molecule has 0 aliphatic carbocycles. The largest absolute Gasteiger partial charge is 0.467 e. The van der Waals surface area contributed by atoms with E-state index in [1.54, 1.807) is 0 Å². The Balaban J connectivity index is 2.53. The van der Waals surface area contributed by atoms with Crippen molar-refractivity contribution in [2.75, 3.05) is 7.11 Å². The van der Waals surface area contributed by atoms with Crippen LogP contribution in [0.25, 0.3) is 10.1 Å². The number of hydrogen-bond acceptors (Lipinski definition) is 4. The van der Waals surface area contributed by atoms with Crippen LogP contribution >= 0.6 is 27.3 Å². The quantitative estimate of drug-likeness (QED) is 0.868. The summed E-state index contributed by atoms with van der Waals surface area (Å²) in [4.78, 5) is 11.8. The highest BCUT2D eigenvalue weighted by Gasteiger charge is 2.23. The minimum atomic E-state index is -1.23. The number of carbonyl (C=O) groups is 1. The second-order valence-corrected chi connectivity index (χ2v) is 5.08. The van der Waals surface area contributed by atoms with Crippen LogP contribution in [0.1, 0.15) is 11.0 Å². The van der Waals surface area contributed by atoms with Crippen molar-refractivity contribution >= 4 is 43.3 Å². The number of fused-ring (bicyclic) bond motifs is 1.